The number of fused-ring (bicyclic) bond motifs is 1. The summed E-state index contributed by atoms with van der Waals surface area (Å²) in [6.07, 6.45) is 6.47. The van der Waals surface area contributed by atoms with Crippen molar-refractivity contribution in [2.75, 3.05) is 11.9 Å². The minimum atomic E-state index is -0.316. The number of nitrogens with zero attached hydrogens (tertiary/aromatic N) is 3. The molecular weight excluding hydrogens is 492 g/mol. The molecule has 206 valence electrons. The molecule has 1 amide bonds. The van der Waals surface area contributed by atoms with Gasteiger partial charge < -0.3 is 25.3 Å². The van der Waals surface area contributed by atoms with Crippen molar-refractivity contribution in [2.24, 2.45) is 12.8 Å². The Labute approximate surface area is 229 Å². The fourth-order valence-corrected chi connectivity index (χ4v) is 5.95. The van der Waals surface area contributed by atoms with E-state index in [-0.39, 0.29) is 42.1 Å². The molecule has 9 nitrogen and oxygen atoms in total. The Hall–Kier alpha value is -3.88. The van der Waals surface area contributed by atoms with E-state index in [1.165, 1.54) is 0 Å². The molecule has 0 spiro atoms. The Morgan fingerprint density at radius 2 is 1.87 bits per heavy atom. The van der Waals surface area contributed by atoms with Gasteiger partial charge in [-0.2, -0.15) is 0 Å². The van der Waals surface area contributed by atoms with Crippen LogP contribution >= 0.6 is 0 Å². The Morgan fingerprint density at radius 3 is 2.51 bits per heavy atom. The number of amidine groups is 1. The second kappa shape index (κ2) is 11.1. The van der Waals surface area contributed by atoms with Crippen LogP contribution in [0.4, 0.5) is 5.69 Å². The number of ether oxygens (including phenoxy) is 1. The highest BCUT2D eigenvalue weighted by Gasteiger charge is 2.54. The van der Waals surface area contributed by atoms with Gasteiger partial charge in [-0.1, -0.05) is 18.9 Å². The molecule has 5 rings (SSSR count). The van der Waals surface area contributed by atoms with Crippen LogP contribution in [0.5, 0.6) is 0 Å². The Balaban J connectivity index is 1.36. The normalized spacial score (nSPS) is 16.3. The predicted molar refractivity (Wildman–Crippen MR) is 151 cm³/mol. The van der Waals surface area contributed by atoms with Gasteiger partial charge in [-0.3, -0.25) is 15.0 Å². The molecular formula is C30H38N6O3. The zero-order valence-corrected chi connectivity index (χ0v) is 22.8. The fourth-order valence-electron chi connectivity index (χ4n) is 5.95. The van der Waals surface area contributed by atoms with E-state index in [2.05, 4.69) is 33.0 Å². The zero-order chi connectivity index (χ0) is 27.6. The topological polar surface area (TPSA) is 126 Å². The lowest BCUT2D eigenvalue weighted by Gasteiger charge is -2.38. The summed E-state index contributed by atoms with van der Waals surface area (Å²) < 4.78 is 7.16. The Morgan fingerprint density at radius 1 is 1.15 bits per heavy atom. The van der Waals surface area contributed by atoms with Crippen molar-refractivity contribution < 1.29 is 14.3 Å². The maximum absolute atomic E-state index is 13.6. The maximum atomic E-state index is 13.6. The number of nitrogens with two attached hydrogens (primary N) is 1. The van der Waals surface area contributed by atoms with Crippen LogP contribution in [0.2, 0.25) is 0 Å². The van der Waals surface area contributed by atoms with E-state index in [4.69, 9.17) is 20.9 Å². The molecule has 0 atom stereocenters. The van der Waals surface area contributed by atoms with Crippen LogP contribution in [0, 0.1) is 5.41 Å². The lowest BCUT2D eigenvalue weighted by atomic mass is 9.98. The van der Waals surface area contributed by atoms with Crippen molar-refractivity contribution in [2.45, 2.75) is 76.4 Å². The molecule has 2 fully saturated rings. The van der Waals surface area contributed by atoms with Crippen LogP contribution in [0.25, 0.3) is 11.0 Å². The van der Waals surface area contributed by atoms with E-state index in [1.807, 2.05) is 31.3 Å². The highest BCUT2D eigenvalue weighted by molar-refractivity contribution is 5.95. The maximum Gasteiger partial charge on any atom is 0.306 e. The summed E-state index contributed by atoms with van der Waals surface area (Å²) in [5.41, 5.74) is 9.94. The third kappa shape index (κ3) is 5.48. The SMILES string of the molecule is CCOC(=O)CCC(=O)N(C1CCCC1)C1(c2ccc3c(c2)nc(CNc2ccc(C(=N)N)cc2)n3C)CC1. The lowest BCUT2D eigenvalue weighted by Crippen LogP contribution is -2.46. The van der Waals surface area contributed by atoms with Crippen LogP contribution in [0.15, 0.2) is 42.5 Å². The zero-order valence-electron chi connectivity index (χ0n) is 22.8. The van der Waals surface area contributed by atoms with Gasteiger partial charge in [-0.05, 0) is 74.6 Å². The molecule has 0 radical (unpaired) electrons. The number of nitrogen functional groups attached to an aromatic ring is 1. The molecule has 3 aromatic rings. The van der Waals surface area contributed by atoms with Crippen molar-refractivity contribution in [1.29, 1.82) is 5.41 Å². The molecule has 9 heteroatoms. The van der Waals surface area contributed by atoms with Gasteiger partial charge in [0.15, 0.2) is 0 Å². The van der Waals surface area contributed by atoms with Crippen molar-refractivity contribution in [3.05, 3.63) is 59.4 Å². The van der Waals surface area contributed by atoms with Crippen LogP contribution in [0.3, 0.4) is 0 Å². The predicted octanol–water partition coefficient (Wildman–Crippen LogP) is 4.57. The molecule has 2 aliphatic rings. The van der Waals surface area contributed by atoms with Crippen LogP contribution < -0.4 is 11.1 Å². The number of hydrogen-bond acceptors (Lipinski definition) is 6. The van der Waals surface area contributed by atoms with E-state index < -0.39 is 0 Å². The van der Waals surface area contributed by atoms with Crippen LogP contribution in [-0.4, -0.2) is 44.8 Å². The summed E-state index contributed by atoms with van der Waals surface area (Å²) >= 11 is 0. The minimum absolute atomic E-state index is 0.0494. The number of rotatable bonds is 11. The molecule has 2 aliphatic carbocycles. The van der Waals surface area contributed by atoms with Gasteiger partial charge in [-0.25, -0.2) is 4.98 Å². The number of carbonyl (C=O) groups is 2. The molecule has 1 aromatic heterocycles. The summed E-state index contributed by atoms with van der Waals surface area (Å²) in [5.74, 6) is 0.691. The summed E-state index contributed by atoms with van der Waals surface area (Å²) in [5, 5.41) is 11.0. The van der Waals surface area contributed by atoms with Crippen LogP contribution in [-0.2, 0) is 33.5 Å². The average molecular weight is 531 g/mol. The van der Waals surface area contributed by atoms with E-state index in [0.717, 1.165) is 66.6 Å². The molecule has 2 aromatic carbocycles. The third-order valence-corrected chi connectivity index (χ3v) is 8.15. The molecule has 39 heavy (non-hydrogen) atoms. The second-order valence-corrected chi connectivity index (χ2v) is 10.7. The van der Waals surface area contributed by atoms with Crippen molar-refractivity contribution in [3.8, 4) is 0 Å². The number of benzene rings is 2. The highest BCUT2D eigenvalue weighted by Crippen LogP contribution is 2.54. The van der Waals surface area contributed by atoms with Gasteiger partial charge in [0.2, 0.25) is 5.91 Å². The Kier molecular flexibility index (Phi) is 7.59. The number of anilines is 1. The van der Waals surface area contributed by atoms with E-state index in [9.17, 15) is 9.59 Å². The standard InChI is InChI=1S/C30H38N6O3/c1-3-39-28(38)15-14-27(37)36(23-6-4-5-7-23)30(16-17-30)21-10-13-25-24(18-21)34-26(35(25)2)19-33-22-11-8-20(9-12-22)29(31)32/h8-13,18,23,33H,3-7,14-17,19H2,1-2H3,(H3,31,32). The van der Waals surface area contributed by atoms with E-state index in [0.29, 0.717) is 18.7 Å². The Bertz CT molecular complexity index is 1370. The summed E-state index contributed by atoms with van der Waals surface area (Å²) in [6.45, 7) is 2.66. The van der Waals surface area contributed by atoms with Crippen molar-refractivity contribution >= 4 is 34.4 Å². The number of aryl methyl sites for hydroxylation is 1. The molecule has 0 bridgehead atoms. The molecule has 0 saturated heterocycles. The largest absolute Gasteiger partial charge is 0.466 e. The number of hydrogen-bond donors (Lipinski definition) is 3. The highest BCUT2D eigenvalue weighted by atomic mass is 16.5. The molecule has 0 aliphatic heterocycles. The molecule has 2 saturated carbocycles. The molecule has 1 heterocycles. The number of imidazole rings is 1. The number of aromatic nitrogens is 2. The van der Waals surface area contributed by atoms with Gasteiger partial charge in [0, 0.05) is 30.8 Å². The van der Waals surface area contributed by atoms with Crippen molar-refractivity contribution in [1.82, 2.24) is 14.5 Å². The fraction of sp³-hybridized carbons (Fsp3) is 0.467. The number of esters is 1. The summed E-state index contributed by atoms with van der Waals surface area (Å²) in [7, 11) is 2.02. The van der Waals surface area contributed by atoms with Gasteiger partial charge in [-0.15, -0.1) is 0 Å². The minimum Gasteiger partial charge on any atom is -0.466 e. The molecule has 4 N–H and O–H groups in total. The smallest absolute Gasteiger partial charge is 0.306 e. The first kappa shape index (κ1) is 26.7. The second-order valence-electron chi connectivity index (χ2n) is 10.7. The first-order valence-electron chi connectivity index (χ1n) is 13.9. The van der Waals surface area contributed by atoms with Gasteiger partial charge in [0.1, 0.15) is 11.7 Å². The van der Waals surface area contributed by atoms with Crippen molar-refractivity contribution in [3.63, 3.8) is 0 Å². The summed E-state index contributed by atoms with van der Waals surface area (Å²) in [4.78, 5) is 32.6. The lowest BCUT2D eigenvalue weighted by molar-refractivity contribution is -0.147. The first-order valence-corrected chi connectivity index (χ1v) is 13.9. The number of amides is 1. The number of nitrogens with one attached hydrogen (secondary N) is 2. The van der Waals surface area contributed by atoms with Crippen LogP contribution in [0.1, 0.15) is 75.2 Å². The quantitative estimate of drug-likeness (QED) is 0.189. The van der Waals surface area contributed by atoms with E-state index in [1.54, 1.807) is 6.92 Å². The van der Waals surface area contributed by atoms with Gasteiger partial charge >= 0.3 is 5.97 Å². The average Bonchev–Trinajstić information content (AvgIpc) is 3.41. The van der Waals surface area contributed by atoms with Gasteiger partial charge in [0.05, 0.1) is 36.1 Å². The monoisotopic (exact) mass is 530 g/mol. The first-order chi connectivity index (χ1) is 18.8. The summed E-state index contributed by atoms with van der Waals surface area (Å²) in [6, 6.07) is 14.1. The van der Waals surface area contributed by atoms with E-state index >= 15 is 0 Å². The molecule has 0 unspecified atom stereocenters. The third-order valence-electron chi connectivity index (χ3n) is 8.15. The number of carbonyl (C=O) groups excluding carboxylic acids is 2. The van der Waals surface area contributed by atoms with Gasteiger partial charge in [0.25, 0.3) is 0 Å².